The van der Waals surface area contributed by atoms with Crippen LogP contribution in [0.25, 0.3) is 0 Å². The van der Waals surface area contributed by atoms with Crippen molar-refractivity contribution < 1.29 is 9.53 Å². The molecule has 5 nitrogen and oxygen atoms in total. The van der Waals surface area contributed by atoms with Gasteiger partial charge in [0, 0.05) is 25.8 Å². The lowest BCUT2D eigenvalue weighted by atomic mass is 9.99. The molecule has 1 amide bonds. The van der Waals surface area contributed by atoms with Crippen molar-refractivity contribution in [3.63, 3.8) is 0 Å². The maximum Gasteiger partial charge on any atom is 0.260 e. The minimum atomic E-state index is 0.0851. The number of pyridine rings is 1. The first kappa shape index (κ1) is 21.3. The normalized spacial score (nSPS) is 16.1. The minimum Gasteiger partial charge on any atom is -0.484 e. The van der Waals surface area contributed by atoms with Crippen LogP contribution in [0.4, 0.5) is 0 Å². The predicted octanol–water partition coefficient (Wildman–Crippen LogP) is 4.30. The first-order valence-corrected chi connectivity index (χ1v) is 10.7. The van der Waals surface area contributed by atoms with Crippen molar-refractivity contribution in [2.45, 2.75) is 45.7 Å². The van der Waals surface area contributed by atoms with Crippen LogP contribution in [-0.2, 0) is 11.3 Å². The molecule has 0 aliphatic carbocycles. The van der Waals surface area contributed by atoms with Gasteiger partial charge in [0.1, 0.15) is 5.75 Å². The highest BCUT2D eigenvalue weighted by molar-refractivity contribution is 5.77. The molecule has 0 N–H and O–H groups in total. The molecule has 156 valence electrons. The quantitative estimate of drug-likeness (QED) is 0.668. The van der Waals surface area contributed by atoms with Gasteiger partial charge in [-0.1, -0.05) is 32.0 Å². The van der Waals surface area contributed by atoms with Gasteiger partial charge < -0.3 is 9.64 Å². The Balaban J connectivity index is 1.50. The Kier molecular flexibility index (Phi) is 7.64. The second kappa shape index (κ2) is 10.4. The molecular weight excluding hydrogens is 362 g/mol. The molecule has 1 atom stereocenters. The Morgan fingerprint density at radius 3 is 2.55 bits per heavy atom. The average Bonchev–Trinajstić information content (AvgIpc) is 2.75. The summed E-state index contributed by atoms with van der Waals surface area (Å²) in [6, 6.07) is 14.4. The van der Waals surface area contributed by atoms with E-state index in [1.54, 1.807) is 0 Å². The van der Waals surface area contributed by atoms with Gasteiger partial charge in [-0.2, -0.15) is 0 Å². The van der Waals surface area contributed by atoms with Crippen LogP contribution in [0.5, 0.6) is 5.75 Å². The van der Waals surface area contributed by atoms with Crippen LogP contribution in [0.3, 0.4) is 0 Å². The fraction of sp³-hybridized carbons (Fsp3) is 0.500. The molecule has 0 saturated carbocycles. The van der Waals surface area contributed by atoms with E-state index in [1.807, 2.05) is 35.4 Å². The summed E-state index contributed by atoms with van der Waals surface area (Å²) in [4.78, 5) is 21.1. The largest absolute Gasteiger partial charge is 0.484 e. The van der Waals surface area contributed by atoms with E-state index in [2.05, 4.69) is 49.0 Å². The average molecular weight is 396 g/mol. The van der Waals surface area contributed by atoms with Gasteiger partial charge in [-0.05, 0) is 62.1 Å². The van der Waals surface area contributed by atoms with Gasteiger partial charge in [0.25, 0.3) is 5.91 Å². The fourth-order valence-electron chi connectivity index (χ4n) is 3.90. The van der Waals surface area contributed by atoms with Crippen LogP contribution < -0.4 is 4.74 Å². The molecule has 1 aromatic carbocycles. The number of hydrogen-bond acceptors (Lipinski definition) is 4. The smallest absolute Gasteiger partial charge is 0.260 e. The first-order valence-electron chi connectivity index (χ1n) is 10.7. The summed E-state index contributed by atoms with van der Waals surface area (Å²) in [5.41, 5.74) is 2.31. The molecule has 0 bridgehead atoms. The zero-order valence-corrected chi connectivity index (χ0v) is 17.9. The Morgan fingerprint density at radius 2 is 1.93 bits per heavy atom. The summed E-state index contributed by atoms with van der Waals surface area (Å²) in [5.74, 6) is 1.55. The number of rotatable bonds is 8. The zero-order chi connectivity index (χ0) is 20.6. The SMILES string of the molecule is CCC(c1ccccn1)N(C)Cc1ccc(OCC(=O)N2CCC(C)CC2)cc1. The Hall–Kier alpha value is -2.40. The highest BCUT2D eigenvalue weighted by Crippen LogP contribution is 2.23. The number of carbonyl (C=O) groups is 1. The molecule has 1 saturated heterocycles. The Morgan fingerprint density at radius 1 is 1.21 bits per heavy atom. The van der Waals surface area contributed by atoms with Crippen molar-refractivity contribution in [1.29, 1.82) is 0 Å². The molecule has 1 aliphatic heterocycles. The molecule has 3 rings (SSSR count). The monoisotopic (exact) mass is 395 g/mol. The molecule has 5 heteroatoms. The second-order valence-corrected chi connectivity index (χ2v) is 8.09. The molecular formula is C24H33N3O2. The van der Waals surface area contributed by atoms with Crippen LogP contribution in [0.1, 0.15) is 50.4 Å². The molecule has 1 fully saturated rings. The van der Waals surface area contributed by atoms with Crippen molar-refractivity contribution in [3.8, 4) is 5.75 Å². The number of likely N-dealkylation sites (tertiary alicyclic amines) is 1. The number of hydrogen-bond donors (Lipinski definition) is 0. The fourth-order valence-corrected chi connectivity index (χ4v) is 3.90. The van der Waals surface area contributed by atoms with Gasteiger partial charge >= 0.3 is 0 Å². The number of benzene rings is 1. The van der Waals surface area contributed by atoms with Gasteiger partial charge in [-0.3, -0.25) is 14.7 Å². The van der Waals surface area contributed by atoms with E-state index in [1.165, 1.54) is 5.56 Å². The topological polar surface area (TPSA) is 45.7 Å². The van der Waals surface area contributed by atoms with Crippen LogP contribution in [0.2, 0.25) is 0 Å². The molecule has 2 heterocycles. The third kappa shape index (κ3) is 6.04. The summed E-state index contributed by atoms with van der Waals surface area (Å²) in [6.07, 6.45) is 5.03. The van der Waals surface area contributed by atoms with Crippen LogP contribution in [0, 0.1) is 5.92 Å². The van der Waals surface area contributed by atoms with Crippen molar-refractivity contribution in [2.75, 3.05) is 26.7 Å². The molecule has 29 heavy (non-hydrogen) atoms. The number of piperidine rings is 1. The summed E-state index contributed by atoms with van der Waals surface area (Å²) in [5, 5.41) is 0. The van der Waals surface area contributed by atoms with Gasteiger partial charge in [-0.15, -0.1) is 0 Å². The van der Waals surface area contributed by atoms with Gasteiger partial charge in [0.05, 0.1) is 11.7 Å². The van der Waals surface area contributed by atoms with Gasteiger partial charge in [0.15, 0.2) is 6.61 Å². The van der Waals surface area contributed by atoms with E-state index in [0.717, 1.165) is 56.3 Å². The maximum atomic E-state index is 12.3. The Labute approximate surface area is 174 Å². The van der Waals surface area contributed by atoms with Crippen molar-refractivity contribution in [3.05, 3.63) is 59.9 Å². The van der Waals surface area contributed by atoms with E-state index >= 15 is 0 Å². The third-order valence-electron chi connectivity index (χ3n) is 5.80. The summed E-state index contributed by atoms with van der Waals surface area (Å²) in [7, 11) is 2.13. The van der Waals surface area contributed by atoms with E-state index in [0.29, 0.717) is 0 Å². The maximum absolute atomic E-state index is 12.3. The van der Waals surface area contributed by atoms with Crippen LogP contribution >= 0.6 is 0 Å². The number of aromatic nitrogens is 1. The number of amides is 1. The predicted molar refractivity (Wildman–Crippen MR) is 116 cm³/mol. The minimum absolute atomic E-state index is 0.0851. The highest BCUT2D eigenvalue weighted by atomic mass is 16.5. The summed E-state index contributed by atoms with van der Waals surface area (Å²) >= 11 is 0. The second-order valence-electron chi connectivity index (χ2n) is 8.09. The molecule has 1 aromatic heterocycles. The number of ether oxygens (including phenoxy) is 1. The van der Waals surface area contributed by atoms with Crippen molar-refractivity contribution >= 4 is 5.91 Å². The summed E-state index contributed by atoms with van der Waals surface area (Å²) < 4.78 is 5.73. The lowest BCUT2D eigenvalue weighted by Gasteiger charge is -2.30. The molecule has 2 aromatic rings. The molecule has 1 aliphatic rings. The number of carbonyl (C=O) groups excluding carboxylic acids is 1. The third-order valence-corrected chi connectivity index (χ3v) is 5.80. The molecule has 1 unspecified atom stereocenters. The van der Waals surface area contributed by atoms with Gasteiger partial charge in [0.2, 0.25) is 0 Å². The van der Waals surface area contributed by atoms with E-state index in [4.69, 9.17) is 4.74 Å². The van der Waals surface area contributed by atoms with E-state index in [-0.39, 0.29) is 18.6 Å². The molecule has 0 radical (unpaired) electrons. The standard InChI is InChI=1S/C24H33N3O2/c1-4-23(22-7-5-6-14-25-22)26(3)17-20-8-10-21(11-9-20)29-18-24(28)27-15-12-19(2)13-16-27/h5-11,14,19,23H,4,12-13,15-18H2,1-3H3. The van der Waals surface area contributed by atoms with Crippen molar-refractivity contribution in [1.82, 2.24) is 14.8 Å². The van der Waals surface area contributed by atoms with Gasteiger partial charge in [-0.25, -0.2) is 0 Å². The van der Waals surface area contributed by atoms with Crippen LogP contribution in [-0.4, -0.2) is 47.4 Å². The molecule has 0 spiro atoms. The zero-order valence-electron chi connectivity index (χ0n) is 17.9. The van der Waals surface area contributed by atoms with Crippen LogP contribution in [0.15, 0.2) is 48.7 Å². The first-order chi connectivity index (χ1) is 14.1. The Bertz CT molecular complexity index is 755. The van der Waals surface area contributed by atoms with Crippen molar-refractivity contribution in [2.24, 2.45) is 5.92 Å². The lowest BCUT2D eigenvalue weighted by molar-refractivity contribution is -0.134. The highest BCUT2D eigenvalue weighted by Gasteiger charge is 2.20. The summed E-state index contributed by atoms with van der Waals surface area (Å²) in [6.45, 7) is 7.08. The lowest BCUT2D eigenvalue weighted by Crippen LogP contribution is -2.40. The van der Waals surface area contributed by atoms with E-state index < -0.39 is 0 Å². The number of nitrogens with zero attached hydrogens (tertiary/aromatic N) is 3. The van der Waals surface area contributed by atoms with E-state index in [9.17, 15) is 4.79 Å².